The van der Waals surface area contributed by atoms with Crippen molar-refractivity contribution in [3.63, 3.8) is 0 Å². The predicted octanol–water partition coefficient (Wildman–Crippen LogP) is 5.83. The molecule has 0 amide bonds. The molecule has 0 spiro atoms. The van der Waals surface area contributed by atoms with Gasteiger partial charge in [-0.3, -0.25) is 4.79 Å². The van der Waals surface area contributed by atoms with Gasteiger partial charge in [-0.15, -0.1) is 0 Å². The average molecular weight is 252 g/mol. The monoisotopic (exact) mass is 252 g/mol. The van der Waals surface area contributed by atoms with Crippen LogP contribution >= 0.6 is 0 Å². The summed E-state index contributed by atoms with van der Waals surface area (Å²) in [7, 11) is 0. The highest BCUT2D eigenvalue weighted by atomic mass is 16.1. The van der Waals surface area contributed by atoms with Crippen molar-refractivity contribution in [2.75, 3.05) is 0 Å². The topological polar surface area (TPSA) is 17.1 Å². The van der Waals surface area contributed by atoms with E-state index in [0.717, 1.165) is 12.8 Å². The molecule has 0 N–H and O–H groups in total. The van der Waals surface area contributed by atoms with E-state index in [4.69, 9.17) is 0 Å². The Morgan fingerprint density at radius 2 is 1.50 bits per heavy atom. The highest BCUT2D eigenvalue weighted by molar-refractivity contribution is 5.78. The fourth-order valence-electron chi connectivity index (χ4n) is 2.24. The third-order valence-corrected chi connectivity index (χ3v) is 3.32. The molecule has 106 valence electrons. The maximum Gasteiger partial charge on any atom is 0.133 e. The van der Waals surface area contributed by atoms with E-state index in [1.807, 2.05) is 0 Å². The molecule has 0 aliphatic heterocycles. The molecule has 0 aromatic carbocycles. The summed E-state index contributed by atoms with van der Waals surface area (Å²) >= 11 is 0. The summed E-state index contributed by atoms with van der Waals surface area (Å²) in [5.41, 5.74) is 1.38. The summed E-state index contributed by atoms with van der Waals surface area (Å²) in [6.45, 7) is 6.18. The lowest BCUT2D eigenvalue weighted by atomic mass is 10.00. The van der Waals surface area contributed by atoms with E-state index in [-0.39, 0.29) is 0 Å². The molecule has 0 aromatic heterocycles. The lowest BCUT2D eigenvalue weighted by Gasteiger charge is -2.06. The molecule has 1 heteroatoms. The molecule has 0 rings (SSSR count). The SMILES string of the molecule is CCCCCCC=C(CCCCCC)CC(C)=O. The van der Waals surface area contributed by atoms with Gasteiger partial charge in [0.05, 0.1) is 0 Å². The molecule has 0 aliphatic rings. The van der Waals surface area contributed by atoms with Gasteiger partial charge in [0.25, 0.3) is 0 Å². The zero-order valence-electron chi connectivity index (χ0n) is 12.8. The van der Waals surface area contributed by atoms with E-state index in [1.165, 1.54) is 56.9 Å². The van der Waals surface area contributed by atoms with Gasteiger partial charge in [0.1, 0.15) is 5.78 Å². The molecule has 0 unspecified atom stereocenters. The standard InChI is InChI=1S/C17H32O/c1-4-6-8-10-12-14-17(15-16(3)18)13-11-9-7-5-2/h14H,4-13,15H2,1-3H3. The lowest BCUT2D eigenvalue weighted by Crippen LogP contribution is -1.95. The van der Waals surface area contributed by atoms with Crippen LogP contribution in [0.5, 0.6) is 0 Å². The molecule has 0 atom stereocenters. The second-order valence-corrected chi connectivity index (χ2v) is 5.40. The number of allylic oxidation sites excluding steroid dienone is 2. The van der Waals surface area contributed by atoms with Crippen LogP contribution in [0.15, 0.2) is 11.6 Å². The van der Waals surface area contributed by atoms with E-state index in [9.17, 15) is 4.79 Å². The van der Waals surface area contributed by atoms with Crippen molar-refractivity contribution in [3.8, 4) is 0 Å². The zero-order chi connectivity index (χ0) is 13.6. The predicted molar refractivity (Wildman–Crippen MR) is 80.9 cm³/mol. The second kappa shape index (κ2) is 12.9. The molecule has 1 nitrogen and oxygen atoms in total. The van der Waals surface area contributed by atoms with Gasteiger partial charge in [0.15, 0.2) is 0 Å². The van der Waals surface area contributed by atoms with Crippen LogP contribution < -0.4 is 0 Å². The number of carbonyl (C=O) groups is 1. The van der Waals surface area contributed by atoms with Crippen molar-refractivity contribution in [3.05, 3.63) is 11.6 Å². The smallest absolute Gasteiger partial charge is 0.133 e. The fourth-order valence-corrected chi connectivity index (χ4v) is 2.24. The van der Waals surface area contributed by atoms with Crippen molar-refractivity contribution in [1.29, 1.82) is 0 Å². The number of hydrogen-bond donors (Lipinski definition) is 0. The van der Waals surface area contributed by atoms with Gasteiger partial charge in [-0.25, -0.2) is 0 Å². The summed E-state index contributed by atoms with van der Waals surface area (Å²) < 4.78 is 0. The van der Waals surface area contributed by atoms with Crippen LogP contribution in [0.3, 0.4) is 0 Å². The summed E-state index contributed by atoms with van der Waals surface area (Å²) in [6.07, 6.45) is 15.7. The van der Waals surface area contributed by atoms with Gasteiger partial charge in [-0.2, -0.15) is 0 Å². The van der Waals surface area contributed by atoms with Gasteiger partial charge in [-0.05, 0) is 32.6 Å². The Hall–Kier alpha value is -0.590. The van der Waals surface area contributed by atoms with Gasteiger partial charge < -0.3 is 0 Å². The third-order valence-electron chi connectivity index (χ3n) is 3.32. The van der Waals surface area contributed by atoms with Crippen molar-refractivity contribution in [2.45, 2.75) is 91.4 Å². The number of Topliss-reactive ketones (excluding diaryl/α,β-unsaturated/α-hetero) is 1. The molecule has 0 saturated heterocycles. The number of rotatable bonds is 12. The summed E-state index contributed by atoms with van der Waals surface area (Å²) in [4.78, 5) is 11.2. The Bertz CT molecular complexity index is 228. The minimum Gasteiger partial charge on any atom is -0.300 e. The molecule has 0 saturated carbocycles. The lowest BCUT2D eigenvalue weighted by molar-refractivity contribution is -0.116. The quantitative estimate of drug-likeness (QED) is 0.315. The molecule has 0 aliphatic carbocycles. The summed E-state index contributed by atoms with van der Waals surface area (Å²) in [6, 6.07) is 0. The molecule has 0 bridgehead atoms. The van der Waals surface area contributed by atoms with Crippen molar-refractivity contribution in [2.24, 2.45) is 0 Å². The van der Waals surface area contributed by atoms with Crippen LogP contribution in [-0.4, -0.2) is 5.78 Å². The van der Waals surface area contributed by atoms with Crippen LogP contribution in [0.1, 0.15) is 91.4 Å². The Labute approximate surface area is 114 Å². The minimum absolute atomic E-state index is 0.310. The fraction of sp³-hybridized carbons (Fsp3) is 0.824. The number of carbonyl (C=O) groups excluding carboxylic acids is 1. The maximum absolute atomic E-state index is 11.2. The second-order valence-electron chi connectivity index (χ2n) is 5.40. The molecule has 0 aromatic rings. The molecule has 18 heavy (non-hydrogen) atoms. The number of unbranched alkanes of at least 4 members (excludes halogenated alkanes) is 7. The molecule has 0 heterocycles. The molecule has 0 radical (unpaired) electrons. The van der Waals surface area contributed by atoms with Gasteiger partial charge in [-0.1, -0.05) is 64.0 Å². The summed E-state index contributed by atoms with van der Waals surface area (Å²) in [5, 5.41) is 0. The maximum atomic E-state index is 11.2. The normalized spacial score (nSPS) is 11.8. The summed E-state index contributed by atoms with van der Waals surface area (Å²) in [5.74, 6) is 0.310. The first kappa shape index (κ1) is 17.4. The first-order chi connectivity index (χ1) is 8.70. The van der Waals surface area contributed by atoms with E-state index in [2.05, 4.69) is 19.9 Å². The van der Waals surface area contributed by atoms with Gasteiger partial charge in [0, 0.05) is 6.42 Å². The largest absolute Gasteiger partial charge is 0.300 e. The van der Waals surface area contributed by atoms with E-state index in [1.54, 1.807) is 6.92 Å². The zero-order valence-corrected chi connectivity index (χ0v) is 12.8. The molecular formula is C17H32O. The Morgan fingerprint density at radius 1 is 0.889 bits per heavy atom. The molecule has 0 fully saturated rings. The van der Waals surface area contributed by atoms with E-state index in [0.29, 0.717) is 12.2 Å². The van der Waals surface area contributed by atoms with Crippen LogP contribution in [0.2, 0.25) is 0 Å². The van der Waals surface area contributed by atoms with Crippen LogP contribution in [-0.2, 0) is 4.79 Å². The van der Waals surface area contributed by atoms with E-state index < -0.39 is 0 Å². The van der Waals surface area contributed by atoms with Crippen LogP contribution in [0.25, 0.3) is 0 Å². The minimum atomic E-state index is 0.310. The highest BCUT2D eigenvalue weighted by Crippen LogP contribution is 2.16. The Morgan fingerprint density at radius 3 is 2.06 bits per heavy atom. The van der Waals surface area contributed by atoms with Gasteiger partial charge >= 0.3 is 0 Å². The third kappa shape index (κ3) is 11.9. The molecular weight excluding hydrogens is 220 g/mol. The average Bonchev–Trinajstić information content (AvgIpc) is 2.33. The first-order valence-corrected chi connectivity index (χ1v) is 7.88. The number of hydrogen-bond acceptors (Lipinski definition) is 1. The van der Waals surface area contributed by atoms with Crippen molar-refractivity contribution in [1.82, 2.24) is 0 Å². The highest BCUT2D eigenvalue weighted by Gasteiger charge is 2.01. The van der Waals surface area contributed by atoms with Crippen LogP contribution in [0, 0.1) is 0 Å². The Balaban J connectivity index is 3.88. The van der Waals surface area contributed by atoms with Crippen molar-refractivity contribution < 1.29 is 4.79 Å². The van der Waals surface area contributed by atoms with E-state index >= 15 is 0 Å². The van der Waals surface area contributed by atoms with Crippen molar-refractivity contribution >= 4 is 5.78 Å². The van der Waals surface area contributed by atoms with Gasteiger partial charge in [0.2, 0.25) is 0 Å². The number of ketones is 1. The van der Waals surface area contributed by atoms with Crippen LogP contribution in [0.4, 0.5) is 0 Å². The Kier molecular flexibility index (Phi) is 12.4. The first-order valence-electron chi connectivity index (χ1n) is 7.88.